The van der Waals surface area contributed by atoms with E-state index in [1.165, 1.54) is 4.88 Å². The molecule has 1 aliphatic heterocycles. The first-order valence-electron chi connectivity index (χ1n) is 7.90. The number of hydrogen-bond donors (Lipinski definition) is 1. The Morgan fingerprint density at radius 2 is 2.30 bits per heavy atom. The number of hydrogen-bond acceptors (Lipinski definition) is 6. The summed E-state index contributed by atoms with van der Waals surface area (Å²) in [6.45, 7) is 7.51. The Morgan fingerprint density at radius 3 is 2.91 bits per heavy atom. The number of rotatable bonds is 6. The molecule has 23 heavy (non-hydrogen) atoms. The van der Waals surface area contributed by atoms with E-state index in [9.17, 15) is 4.79 Å². The predicted octanol–water partition coefficient (Wildman–Crippen LogP) is 2.40. The summed E-state index contributed by atoms with van der Waals surface area (Å²) in [6.07, 6.45) is 1.53. The van der Waals surface area contributed by atoms with Crippen LogP contribution in [0.25, 0.3) is 0 Å². The van der Waals surface area contributed by atoms with E-state index < -0.39 is 0 Å². The van der Waals surface area contributed by atoms with Gasteiger partial charge < -0.3 is 10.2 Å². The van der Waals surface area contributed by atoms with Crippen molar-refractivity contribution in [2.24, 2.45) is 5.92 Å². The van der Waals surface area contributed by atoms with Gasteiger partial charge in [-0.1, -0.05) is 0 Å². The Hall–Kier alpha value is -1.31. The quantitative estimate of drug-likeness (QED) is 0.869. The van der Waals surface area contributed by atoms with E-state index in [2.05, 4.69) is 15.3 Å². The second-order valence-electron chi connectivity index (χ2n) is 6.03. The smallest absolute Gasteiger partial charge is 0.228 e. The topological polar surface area (TPSA) is 58.1 Å². The number of carbonyl (C=O) groups excluding carboxylic acids is 1. The summed E-state index contributed by atoms with van der Waals surface area (Å²) < 4.78 is 0. The third-order valence-corrected chi connectivity index (χ3v) is 5.91. The first kappa shape index (κ1) is 16.5. The number of aromatic nitrogens is 2. The molecule has 5 nitrogen and oxygen atoms in total. The van der Waals surface area contributed by atoms with Gasteiger partial charge in [0.25, 0.3) is 0 Å². The molecule has 0 aromatic carbocycles. The highest BCUT2D eigenvalue weighted by molar-refractivity contribution is 7.09. The summed E-state index contributed by atoms with van der Waals surface area (Å²) in [5, 5.41) is 6.38. The van der Waals surface area contributed by atoms with E-state index in [4.69, 9.17) is 0 Å². The van der Waals surface area contributed by atoms with Crippen molar-refractivity contribution in [1.82, 2.24) is 20.2 Å². The molecule has 2 aromatic heterocycles. The lowest BCUT2D eigenvalue weighted by molar-refractivity contribution is -0.131. The molecule has 1 aliphatic rings. The summed E-state index contributed by atoms with van der Waals surface area (Å²) in [4.78, 5) is 24.7. The Kier molecular flexibility index (Phi) is 5.40. The molecule has 3 rings (SSSR count). The summed E-state index contributed by atoms with van der Waals surface area (Å²) in [5.41, 5.74) is 3.77. The van der Waals surface area contributed by atoms with Gasteiger partial charge in [0.05, 0.1) is 34.9 Å². The zero-order valence-corrected chi connectivity index (χ0v) is 15.2. The fourth-order valence-electron chi connectivity index (χ4n) is 2.84. The molecule has 3 heterocycles. The zero-order chi connectivity index (χ0) is 16.2. The molecule has 7 heteroatoms. The van der Waals surface area contributed by atoms with E-state index in [1.807, 2.05) is 29.6 Å². The van der Waals surface area contributed by atoms with Crippen molar-refractivity contribution in [3.63, 3.8) is 0 Å². The molecule has 1 saturated heterocycles. The maximum Gasteiger partial charge on any atom is 0.228 e. The van der Waals surface area contributed by atoms with Gasteiger partial charge in [-0.25, -0.2) is 9.97 Å². The maximum absolute atomic E-state index is 12.8. The van der Waals surface area contributed by atoms with Gasteiger partial charge in [-0.2, -0.15) is 0 Å². The van der Waals surface area contributed by atoms with Crippen LogP contribution in [-0.2, 0) is 17.8 Å². The van der Waals surface area contributed by atoms with E-state index in [-0.39, 0.29) is 5.91 Å². The fraction of sp³-hybridized carbons (Fsp3) is 0.562. The number of nitrogens with zero attached hydrogens (tertiary/aromatic N) is 3. The van der Waals surface area contributed by atoms with Crippen LogP contribution in [0.2, 0.25) is 0 Å². The maximum atomic E-state index is 12.8. The van der Waals surface area contributed by atoms with Crippen LogP contribution in [0.3, 0.4) is 0 Å². The van der Waals surface area contributed by atoms with Crippen molar-refractivity contribution >= 4 is 28.6 Å². The van der Waals surface area contributed by atoms with Crippen molar-refractivity contribution in [3.05, 3.63) is 32.2 Å². The van der Waals surface area contributed by atoms with Crippen molar-refractivity contribution in [3.8, 4) is 0 Å². The lowest BCUT2D eigenvalue weighted by Gasteiger charge is -2.25. The Bertz CT molecular complexity index is 661. The summed E-state index contributed by atoms with van der Waals surface area (Å²) >= 11 is 3.23. The number of amides is 1. The van der Waals surface area contributed by atoms with Crippen molar-refractivity contribution in [1.29, 1.82) is 0 Å². The minimum Gasteiger partial charge on any atom is -0.337 e. The minimum absolute atomic E-state index is 0.162. The van der Waals surface area contributed by atoms with Crippen LogP contribution in [0.15, 0.2) is 10.9 Å². The third-order valence-electron chi connectivity index (χ3n) is 4.17. The standard InChI is InChI=1S/C16H22N4OS2/c1-11-15(23-10-18-11)8-20(7-13-3-4-17-6-13)16(21)5-14-9-22-12(2)19-14/h9-10,13,17H,3-8H2,1-2H3/t13-/m1/s1. The molecule has 124 valence electrons. The highest BCUT2D eigenvalue weighted by Crippen LogP contribution is 2.19. The SMILES string of the molecule is Cc1nc(CC(=O)N(Cc2scnc2C)C[C@@H]2CCNC2)cs1. The van der Waals surface area contributed by atoms with E-state index >= 15 is 0 Å². The molecule has 0 bridgehead atoms. The predicted molar refractivity (Wildman–Crippen MR) is 93.8 cm³/mol. The fourth-order valence-corrected chi connectivity index (χ4v) is 4.25. The van der Waals surface area contributed by atoms with Gasteiger partial charge in [0, 0.05) is 16.8 Å². The molecule has 1 atom stereocenters. The summed E-state index contributed by atoms with van der Waals surface area (Å²) in [6, 6.07) is 0. The number of carbonyl (C=O) groups is 1. The van der Waals surface area contributed by atoms with Gasteiger partial charge in [-0.05, 0) is 39.3 Å². The number of nitrogens with one attached hydrogen (secondary N) is 1. The van der Waals surface area contributed by atoms with Gasteiger partial charge in [-0.15, -0.1) is 22.7 Å². The van der Waals surface area contributed by atoms with Crippen LogP contribution >= 0.6 is 22.7 Å². The third kappa shape index (κ3) is 4.37. The first-order valence-corrected chi connectivity index (χ1v) is 9.66. The van der Waals surface area contributed by atoms with Gasteiger partial charge in [0.2, 0.25) is 5.91 Å². The molecule has 1 fully saturated rings. The monoisotopic (exact) mass is 350 g/mol. The van der Waals surface area contributed by atoms with Crippen LogP contribution in [0.4, 0.5) is 0 Å². The van der Waals surface area contributed by atoms with Crippen LogP contribution in [0.5, 0.6) is 0 Å². The van der Waals surface area contributed by atoms with Gasteiger partial charge in [-0.3, -0.25) is 4.79 Å². The molecule has 0 aliphatic carbocycles. The Morgan fingerprint density at radius 1 is 1.43 bits per heavy atom. The lowest BCUT2D eigenvalue weighted by atomic mass is 10.1. The molecular weight excluding hydrogens is 328 g/mol. The zero-order valence-electron chi connectivity index (χ0n) is 13.5. The molecule has 0 spiro atoms. The van der Waals surface area contributed by atoms with Crippen LogP contribution in [-0.4, -0.2) is 40.4 Å². The van der Waals surface area contributed by atoms with Gasteiger partial charge in [0.15, 0.2) is 0 Å². The molecule has 2 aromatic rings. The number of aryl methyl sites for hydroxylation is 2. The molecule has 0 saturated carbocycles. The summed E-state index contributed by atoms with van der Waals surface area (Å²) in [5.74, 6) is 0.708. The first-order chi connectivity index (χ1) is 11.1. The van der Waals surface area contributed by atoms with E-state index in [0.29, 0.717) is 18.9 Å². The molecule has 1 amide bonds. The highest BCUT2D eigenvalue weighted by Gasteiger charge is 2.23. The van der Waals surface area contributed by atoms with Gasteiger partial charge >= 0.3 is 0 Å². The number of thiazole rings is 2. The summed E-state index contributed by atoms with van der Waals surface area (Å²) in [7, 11) is 0. The lowest BCUT2D eigenvalue weighted by Crippen LogP contribution is -2.36. The Labute approximate surface area is 144 Å². The minimum atomic E-state index is 0.162. The van der Waals surface area contributed by atoms with Crippen molar-refractivity contribution < 1.29 is 4.79 Å². The van der Waals surface area contributed by atoms with E-state index in [0.717, 1.165) is 42.5 Å². The van der Waals surface area contributed by atoms with E-state index in [1.54, 1.807) is 22.7 Å². The van der Waals surface area contributed by atoms with Crippen LogP contribution in [0, 0.1) is 19.8 Å². The average Bonchev–Trinajstić information content (AvgIpc) is 3.23. The molecular formula is C16H22N4OS2. The molecule has 1 N–H and O–H groups in total. The largest absolute Gasteiger partial charge is 0.337 e. The average molecular weight is 351 g/mol. The second kappa shape index (κ2) is 7.51. The Balaban J connectivity index is 1.70. The normalized spacial score (nSPS) is 17.6. The highest BCUT2D eigenvalue weighted by atomic mass is 32.1. The molecule has 0 unspecified atom stereocenters. The van der Waals surface area contributed by atoms with Gasteiger partial charge in [0.1, 0.15) is 0 Å². The van der Waals surface area contributed by atoms with Crippen LogP contribution in [0.1, 0.15) is 27.7 Å². The van der Waals surface area contributed by atoms with Crippen LogP contribution < -0.4 is 5.32 Å². The van der Waals surface area contributed by atoms with Crippen molar-refractivity contribution in [2.75, 3.05) is 19.6 Å². The molecule has 0 radical (unpaired) electrons. The van der Waals surface area contributed by atoms with Crippen molar-refractivity contribution in [2.45, 2.75) is 33.2 Å². The second-order valence-corrected chi connectivity index (χ2v) is 8.03.